The van der Waals surface area contributed by atoms with Gasteiger partial charge in [0.1, 0.15) is 27.2 Å². The highest BCUT2D eigenvalue weighted by molar-refractivity contribution is 7.89. The number of nitrogens with one attached hydrogen (secondary N) is 4. The SMILES string of the molecule is O=C(Nc1cc(F)c(F)c(F)c1)c1cc(S(=O)(=O)NC2COCC2O)c(F)cc1Cl.O=C(Nc1ccc(F)c(Cl)c1)c1cc(S(=O)(=O)NC2COCC2O)c(F)cc1Cl. The third kappa shape index (κ3) is 11.0. The lowest BCUT2D eigenvalue weighted by molar-refractivity contribution is 0.101. The van der Waals surface area contributed by atoms with E-state index in [1.54, 1.807) is 0 Å². The Morgan fingerprint density at radius 3 is 1.37 bits per heavy atom. The lowest BCUT2D eigenvalue weighted by atomic mass is 10.2. The van der Waals surface area contributed by atoms with Crippen molar-refractivity contribution in [3.8, 4) is 0 Å². The van der Waals surface area contributed by atoms with Crippen LogP contribution < -0.4 is 20.1 Å². The summed E-state index contributed by atoms with van der Waals surface area (Å²) >= 11 is 17.4. The van der Waals surface area contributed by atoms with Gasteiger partial charge in [-0.1, -0.05) is 34.8 Å². The maximum atomic E-state index is 14.3. The summed E-state index contributed by atoms with van der Waals surface area (Å²) in [5.74, 6) is -10.0. The molecule has 2 amide bonds. The summed E-state index contributed by atoms with van der Waals surface area (Å²) in [4.78, 5) is 23.1. The van der Waals surface area contributed by atoms with Gasteiger partial charge in [-0.2, -0.15) is 0 Å². The third-order valence-electron chi connectivity index (χ3n) is 8.24. The van der Waals surface area contributed by atoms with E-state index in [0.717, 1.165) is 18.2 Å². The molecule has 0 saturated carbocycles. The standard InChI is InChI=1S/C17H14Cl2F2N2O5S.C17H13ClF4N2O5S/c18-10-5-13(21)16(29(26,27)23-14-6-28-7-15(14)24)4-9(10)17(25)22-8-1-2-12(20)11(19)3-8;18-9-4-10(19)15(30(27,28)24-13-5-29-6-14(13)25)3-8(9)17(26)23-7-1-11(20)16(22)12(21)2-7/h1-5,14-15,23-24H,6-7H2,(H,22,25);1-4,13-14,24-25H,5-6H2,(H,23,26). The van der Waals surface area contributed by atoms with Crippen LogP contribution in [0.3, 0.4) is 0 Å². The number of benzene rings is 4. The maximum absolute atomic E-state index is 14.3. The molecule has 2 aliphatic rings. The zero-order valence-electron chi connectivity index (χ0n) is 29.2. The van der Waals surface area contributed by atoms with Crippen LogP contribution in [0.4, 0.5) is 37.7 Å². The first kappa shape index (κ1) is 46.0. The maximum Gasteiger partial charge on any atom is 0.257 e. The fourth-order valence-corrected chi connectivity index (χ4v) is 8.58. The molecule has 4 atom stereocenters. The molecule has 25 heteroatoms. The second-order valence-electron chi connectivity index (χ2n) is 12.5. The van der Waals surface area contributed by atoms with Gasteiger partial charge >= 0.3 is 0 Å². The Balaban J connectivity index is 0.000000224. The van der Waals surface area contributed by atoms with Crippen LogP contribution in [-0.4, -0.2) is 89.6 Å². The van der Waals surface area contributed by atoms with Crippen LogP contribution >= 0.6 is 34.8 Å². The van der Waals surface area contributed by atoms with Gasteiger partial charge in [0.2, 0.25) is 20.0 Å². The second kappa shape index (κ2) is 18.7. The molecule has 59 heavy (non-hydrogen) atoms. The van der Waals surface area contributed by atoms with Crippen molar-refractivity contribution in [3.05, 3.63) is 116 Å². The second-order valence-corrected chi connectivity index (χ2v) is 17.1. The summed E-state index contributed by atoms with van der Waals surface area (Å²) in [6.07, 6.45) is -2.24. The number of hydrogen-bond acceptors (Lipinski definition) is 10. The minimum atomic E-state index is -4.55. The topological polar surface area (TPSA) is 209 Å². The molecule has 2 heterocycles. The molecule has 0 bridgehead atoms. The molecule has 4 aromatic carbocycles. The number of hydrogen-bond donors (Lipinski definition) is 6. The number of anilines is 2. The van der Waals surface area contributed by atoms with Gasteiger partial charge in [-0.05, 0) is 42.5 Å². The molecule has 0 aromatic heterocycles. The fraction of sp³-hybridized carbons (Fsp3) is 0.235. The first-order chi connectivity index (χ1) is 27.6. The molecule has 318 valence electrons. The smallest absolute Gasteiger partial charge is 0.257 e. The number of amides is 2. The molecule has 2 fully saturated rings. The molecule has 6 N–H and O–H groups in total. The average molecular weight is 936 g/mol. The lowest BCUT2D eigenvalue weighted by Gasteiger charge is -2.16. The van der Waals surface area contributed by atoms with E-state index < -0.39 is 117 Å². The van der Waals surface area contributed by atoms with E-state index in [4.69, 9.17) is 44.3 Å². The predicted octanol–water partition coefficient (Wildman–Crippen LogP) is 4.75. The highest BCUT2D eigenvalue weighted by Crippen LogP contribution is 2.29. The van der Waals surface area contributed by atoms with Crippen LogP contribution in [0.5, 0.6) is 0 Å². The van der Waals surface area contributed by atoms with Gasteiger partial charge in [0.15, 0.2) is 17.5 Å². The molecule has 6 rings (SSSR count). The third-order valence-corrected chi connectivity index (χ3v) is 12.2. The van der Waals surface area contributed by atoms with Gasteiger partial charge in [-0.3, -0.25) is 9.59 Å². The Labute approximate surface area is 345 Å². The van der Waals surface area contributed by atoms with Crippen LogP contribution in [0.15, 0.2) is 64.4 Å². The number of sulfonamides is 2. The number of ether oxygens (including phenoxy) is 2. The van der Waals surface area contributed by atoms with Crippen LogP contribution in [0.2, 0.25) is 15.1 Å². The van der Waals surface area contributed by atoms with E-state index in [9.17, 15) is 63.0 Å². The number of rotatable bonds is 10. The number of halogens is 9. The molecule has 2 aliphatic heterocycles. The molecule has 0 radical (unpaired) electrons. The van der Waals surface area contributed by atoms with Gasteiger partial charge in [0.25, 0.3) is 11.8 Å². The summed E-state index contributed by atoms with van der Waals surface area (Å²) in [6, 6.07) is 5.03. The van der Waals surface area contributed by atoms with Crippen molar-refractivity contribution in [1.82, 2.24) is 9.44 Å². The molecular formula is C34H27Cl3F6N4O10S2. The highest BCUT2D eigenvalue weighted by atomic mass is 35.5. The Morgan fingerprint density at radius 2 is 0.983 bits per heavy atom. The number of carbonyl (C=O) groups is 2. The Kier molecular flexibility index (Phi) is 14.6. The lowest BCUT2D eigenvalue weighted by Crippen LogP contribution is -2.42. The Hall–Kier alpha value is -4.07. The van der Waals surface area contributed by atoms with E-state index in [1.165, 1.54) is 6.07 Å². The van der Waals surface area contributed by atoms with Crippen molar-refractivity contribution in [2.45, 2.75) is 34.1 Å². The van der Waals surface area contributed by atoms with E-state index in [0.29, 0.717) is 30.3 Å². The minimum absolute atomic E-state index is 0.0653. The quantitative estimate of drug-likeness (QED) is 0.0950. The zero-order valence-corrected chi connectivity index (χ0v) is 33.1. The first-order valence-corrected chi connectivity index (χ1v) is 20.4. The van der Waals surface area contributed by atoms with E-state index in [-0.39, 0.29) is 47.7 Å². The van der Waals surface area contributed by atoms with Crippen molar-refractivity contribution in [1.29, 1.82) is 0 Å². The number of carbonyl (C=O) groups excluding carboxylic acids is 2. The van der Waals surface area contributed by atoms with Crippen molar-refractivity contribution in [2.75, 3.05) is 37.1 Å². The first-order valence-electron chi connectivity index (χ1n) is 16.3. The highest BCUT2D eigenvalue weighted by Gasteiger charge is 2.34. The van der Waals surface area contributed by atoms with Crippen molar-refractivity contribution in [3.63, 3.8) is 0 Å². The summed E-state index contributed by atoms with van der Waals surface area (Å²) in [6.45, 7) is -0.419. The molecule has 2 saturated heterocycles. The van der Waals surface area contributed by atoms with Gasteiger partial charge in [0, 0.05) is 23.5 Å². The summed E-state index contributed by atoms with van der Waals surface area (Å²) < 4.78 is 146. The van der Waals surface area contributed by atoms with Gasteiger partial charge in [-0.15, -0.1) is 0 Å². The number of aliphatic hydroxyl groups is 2. The summed E-state index contributed by atoms with van der Waals surface area (Å²) in [5, 5.41) is 22.7. The Bertz CT molecular complexity index is 2510. The summed E-state index contributed by atoms with van der Waals surface area (Å²) in [7, 11) is -8.98. The van der Waals surface area contributed by atoms with Gasteiger partial charge in [-0.25, -0.2) is 52.6 Å². The number of aliphatic hydroxyl groups excluding tert-OH is 2. The molecular weight excluding hydrogens is 909 g/mol. The van der Waals surface area contributed by atoms with E-state index in [2.05, 4.69) is 14.8 Å². The van der Waals surface area contributed by atoms with Gasteiger partial charge in [0.05, 0.1) is 76.9 Å². The van der Waals surface area contributed by atoms with Crippen LogP contribution in [0, 0.1) is 34.9 Å². The minimum Gasteiger partial charge on any atom is -0.389 e. The molecule has 4 unspecified atom stereocenters. The molecule has 0 spiro atoms. The molecule has 14 nitrogen and oxygen atoms in total. The fourth-order valence-electron chi connectivity index (χ4n) is 5.25. The molecule has 0 aliphatic carbocycles. The van der Waals surface area contributed by atoms with E-state index in [1.807, 2.05) is 5.32 Å². The predicted molar refractivity (Wildman–Crippen MR) is 198 cm³/mol. The Morgan fingerprint density at radius 1 is 0.559 bits per heavy atom. The average Bonchev–Trinajstić information content (AvgIpc) is 3.73. The van der Waals surface area contributed by atoms with Crippen molar-refractivity contribution >= 4 is 78.0 Å². The molecule has 4 aromatic rings. The normalized spacial score (nSPS) is 19.2. The van der Waals surface area contributed by atoms with Crippen LogP contribution in [-0.2, 0) is 29.5 Å². The monoisotopic (exact) mass is 934 g/mol. The van der Waals surface area contributed by atoms with Crippen LogP contribution in [0.1, 0.15) is 20.7 Å². The van der Waals surface area contributed by atoms with Gasteiger partial charge < -0.3 is 30.3 Å². The van der Waals surface area contributed by atoms with Crippen molar-refractivity contribution in [2.24, 2.45) is 0 Å². The largest absolute Gasteiger partial charge is 0.389 e. The van der Waals surface area contributed by atoms with Crippen LogP contribution in [0.25, 0.3) is 0 Å². The summed E-state index contributed by atoms with van der Waals surface area (Å²) in [5.41, 5.74) is -1.23. The zero-order chi connectivity index (χ0) is 43.6. The van der Waals surface area contributed by atoms with E-state index >= 15 is 0 Å². The van der Waals surface area contributed by atoms with Crippen molar-refractivity contribution < 1.29 is 72.5 Å².